The zero-order valence-electron chi connectivity index (χ0n) is 11.3. The summed E-state index contributed by atoms with van der Waals surface area (Å²) in [6.45, 7) is 4.21. The Morgan fingerprint density at radius 2 is 1.95 bits per heavy atom. The highest BCUT2D eigenvalue weighted by atomic mass is 79.9. The number of hydrogen-bond donors (Lipinski definition) is 0. The maximum Gasteiger partial charge on any atom is 0.129 e. The third-order valence-corrected chi connectivity index (χ3v) is 4.13. The Labute approximate surface area is 131 Å². The van der Waals surface area contributed by atoms with Crippen LogP contribution in [0.25, 0.3) is 16.7 Å². The highest BCUT2D eigenvalue weighted by Gasteiger charge is 2.13. The normalized spacial score (nSPS) is 11.2. The molecule has 0 unspecified atom stereocenters. The number of aryl methyl sites for hydroxylation is 2. The molecule has 3 aromatic rings. The molecule has 2 aromatic carbocycles. The van der Waals surface area contributed by atoms with Crippen LogP contribution in [-0.4, -0.2) is 9.55 Å². The van der Waals surface area contributed by atoms with Gasteiger partial charge in [0.25, 0.3) is 0 Å². The summed E-state index contributed by atoms with van der Waals surface area (Å²) in [5.74, 6) is 1.26. The minimum Gasteiger partial charge on any atom is -0.295 e. The molecule has 0 saturated carbocycles. The van der Waals surface area contributed by atoms with Gasteiger partial charge in [0.15, 0.2) is 0 Å². The summed E-state index contributed by atoms with van der Waals surface area (Å²) in [7, 11) is 0. The fourth-order valence-electron chi connectivity index (χ4n) is 2.51. The van der Waals surface area contributed by atoms with Crippen molar-refractivity contribution in [3.8, 4) is 5.69 Å². The van der Waals surface area contributed by atoms with E-state index < -0.39 is 0 Å². The summed E-state index contributed by atoms with van der Waals surface area (Å²) < 4.78 is 3.18. The topological polar surface area (TPSA) is 17.8 Å². The standard InChI is InChI=1S/C16H14BrClN2/c1-10-3-6-14(11(2)7-10)20-15-8-12(17)4-5-13(15)19-16(20)9-18/h3-8H,9H2,1-2H3. The van der Waals surface area contributed by atoms with E-state index in [-0.39, 0.29) is 0 Å². The number of halogens is 2. The van der Waals surface area contributed by atoms with Gasteiger partial charge in [-0.2, -0.15) is 0 Å². The molecule has 0 radical (unpaired) electrons. The summed E-state index contributed by atoms with van der Waals surface area (Å²) in [4.78, 5) is 4.62. The first-order valence-corrected chi connectivity index (χ1v) is 7.73. The largest absolute Gasteiger partial charge is 0.295 e. The van der Waals surface area contributed by atoms with Crippen LogP contribution in [0.4, 0.5) is 0 Å². The molecule has 3 rings (SSSR count). The molecule has 0 bridgehead atoms. The molecule has 2 nitrogen and oxygen atoms in total. The molecule has 0 atom stereocenters. The first-order chi connectivity index (χ1) is 9.60. The second-order valence-corrected chi connectivity index (χ2v) is 6.10. The van der Waals surface area contributed by atoms with Gasteiger partial charge in [-0.3, -0.25) is 4.57 Å². The Morgan fingerprint density at radius 1 is 1.15 bits per heavy atom. The Hall–Kier alpha value is -1.32. The number of aromatic nitrogens is 2. The molecule has 0 fully saturated rings. The van der Waals surface area contributed by atoms with E-state index in [1.54, 1.807) is 0 Å². The van der Waals surface area contributed by atoms with Crippen LogP contribution in [0.5, 0.6) is 0 Å². The molecular weight excluding hydrogens is 336 g/mol. The van der Waals surface area contributed by atoms with E-state index in [2.05, 4.69) is 63.6 Å². The van der Waals surface area contributed by atoms with Gasteiger partial charge in [-0.25, -0.2) is 4.98 Å². The zero-order chi connectivity index (χ0) is 14.3. The molecule has 102 valence electrons. The van der Waals surface area contributed by atoms with Crippen molar-refractivity contribution in [3.05, 3.63) is 57.8 Å². The predicted molar refractivity (Wildman–Crippen MR) is 87.8 cm³/mol. The molecule has 20 heavy (non-hydrogen) atoms. The number of alkyl halides is 1. The summed E-state index contributed by atoms with van der Waals surface area (Å²) in [5, 5.41) is 0. The summed E-state index contributed by atoms with van der Waals surface area (Å²) in [6, 6.07) is 12.5. The Balaban J connectivity index is 2.36. The van der Waals surface area contributed by atoms with Crippen LogP contribution in [0, 0.1) is 13.8 Å². The molecule has 0 amide bonds. The lowest BCUT2D eigenvalue weighted by Crippen LogP contribution is -2.01. The first kappa shape index (κ1) is 13.7. The van der Waals surface area contributed by atoms with Crippen molar-refractivity contribution in [2.75, 3.05) is 0 Å². The van der Waals surface area contributed by atoms with Crippen LogP contribution in [0.1, 0.15) is 17.0 Å². The smallest absolute Gasteiger partial charge is 0.129 e. The fraction of sp³-hybridized carbons (Fsp3) is 0.188. The number of nitrogens with zero attached hydrogens (tertiary/aromatic N) is 2. The van der Waals surface area contributed by atoms with E-state index in [0.717, 1.165) is 27.0 Å². The van der Waals surface area contributed by atoms with E-state index in [1.165, 1.54) is 11.1 Å². The predicted octanol–water partition coefficient (Wildman–Crippen LogP) is 5.14. The van der Waals surface area contributed by atoms with Crippen LogP contribution in [0.3, 0.4) is 0 Å². The number of fused-ring (bicyclic) bond motifs is 1. The summed E-state index contributed by atoms with van der Waals surface area (Å²) >= 11 is 9.61. The number of imidazole rings is 1. The molecule has 0 saturated heterocycles. The molecular formula is C16H14BrClN2. The molecule has 4 heteroatoms. The van der Waals surface area contributed by atoms with Gasteiger partial charge in [0.05, 0.1) is 22.6 Å². The highest BCUT2D eigenvalue weighted by molar-refractivity contribution is 9.10. The van der Waals surface area contributed by atoms with Crippen molar-refractivity contribution in [1.82, 2.24) is 9.55 Å². The summed E-state index contributed by atoms with van der Waals surface area (Å²) in [5.41, 5.74) is 5.64. The van der Waals surface area contributed by atoms with Crippen LogP contribution >= 0.6 is 27.5 Å². The van der Waals surface area contributed by atoms with Gasteiger partial charge >= 0.3 is 0 Å². The average molecular weight is 350 g/mol. The molecule has 0 aliphatic heterocycles. The van der Waals surface area contributed by atoms with Gasteiger partial charge in [0.2, 0.25) is 0 Å². The highest BCUT2D eigenvalue weighted by Crippen LogP contribution is 2.27. The second kappa shape index (κ2) is 5.23. The third kappa shape index (κ3) is 2.25. The van der Waals surface area contributed by atoms with Crippen LogP contribution in [-0.2, 0) is 5.88 Å². The number of benzene rings is 2. The lowest BCUT2D eigenvalue weighted by Gasteiger charge is -2.12. The van der Waals surface area contributed by atoms with Gasteiger partial charge in [0, 0.05) is 4.47 Å². The maximum absolute atomic E-state index is 6.08. The number of hydrogen-bond acceptors (Lipinski definition) is 1. The van der Waals surface area contributed by atoms with Gasteiger partial charge < -0.3 is 0 Å². The fourth-order valence-corrected chi connectivity index (χ4v) is 3.04. The van der Waals surface area contributed by atoms with Gasteiger partial charge in [-0.05, 0) is 43.7 Å². The van der Waals surface area contributed by atoms with Crippen LogP contribution in [0.15, 0.2) is 40.9 Å². The molecule has 0 N–H and O–H groups in total. The van der Waals surface area contributed by atoms with Gasteiger partial charge in [-0.1, -0.05) is 33.6 Å². The first-order valence-electron chi connectivity index (χ1n) is 6.40. The van der Waals surface area contributed by atoms with Crippen molar-refractivity contribution in [2.45, 2.75) is 19.7 Å². The van der Waals surface area contributed by atoms with Gasteiger partial charge in [-0.15, -0.1) is 11.6 Å². The van der Waals surface area contributed by atoms with Crippen molar-refractivity contribution in [3.63, 3.8) is 0 Å². The van der Waals surface area contributed by atoms with Crippen LogP contribution < -0.4 is 0 Å². The minimum absolute atomic E-state index is 0.389. The lowest BCUT2D eigenvalue weighted by atomic mass is 10.1. The molecule has 0 aliphatic carbocycles. The van der Waals surface area contributed by atoms with Crippen molar-refractivity contribution >= 4 is 38.6 Å². The van der Waals surface area contributed by atoms with E-state index in [9.17, 15) is 0 Å². The van der Waals surface area contributed by atoms with E-state index in [1.807, 2.05) is 12.1 Å². The van der Waals surface area contributed by atoms with Crippen molar-refractivity contribution < 1.29 is 0 Å². The average Bonchev–Trinajstić information content (AvgIpc) is 2.76. The van der Waals surface area contributed by atoms with Gasteiger partial charge in [0.1, 0.15) is 5.82 Å². The monoisotopic (exact) mass is 348 g/mol. The SMILES string of the molecule is Cc1ccc(-n2c(CCl)nc3ccc(Br)cc32)c(C)c1. The Morgan fingerprint density at radius 3 is 2.65 bits per heavy atom. The Bertz CT molecular complexity index is 793. The Kier molecular flexibility index (Phi) is 3.57. The minimum atomic E-state index is 0.389. The lowest BCUT2D eigenvalue weighted by molar-refractivity contribution is 0.971. The molecule has 1 aromatic heterocycles. The number of rotatable bonds is 2. The third-order valence-electron chi connectivity index (χ3n) is 3.40. The molecule has 0 aliphatic rings. The van der Waals surface area contributed by atoms with E-state index >= 15 is 0 Å². The molecule has 1 heterocycles. The second-order valence-electron chi connectivity index (χ2n) is 4.92. The van der Waals surface area contributed by atoms with Crippen molar-refractivity contribution in [2.24, 2.45) is 0 Å². The zero-order valence-corrected chi connectivity index (χ0v) is 13.7. The molecule has 0 spiro atoms. The summed E-state index contributed by atoms with van der Waals surface area (Å²) in [6.07, 6.45) is 0. The van der Waals surface area contributed by atoms with E-state index in [4.69, 9.17) is 11.6 Å². The quantitative estimate of drug-likeness (QED) is 0.585. The van der Waals surface area contributed by atoms with Crippen molar-refractivity contribution in [1.29, 1.82) is 0 Å². The maximum atomic E-state index is 6.08. The van der Waals surface area contributed by atoms with Crippen LogP contribution in [0.2, 0.25) is 0 Å². The van der Waals surface area contributed by atoms with E-state index in [0.29, 0.717) is 5.88 Å².